The molecular formula is C19H20N4O2S. The van der Waals surface area contributed by atoms with E-state index in [-0.39, 0.29) is 24.0 Å². The fourth-order valence-electron chi connectivity index (χ4n) is 3.25. The number of rotatable bonds is 5. The number of aromatic nitrogens is 3. The Hall–Kier alpha value is -2.51. The van der Waals surface area contributed by atoms with E-state index in [1.807, 2.05) is 37.3 Å². The second-order valence-electron chi connectivity index (χ2n) is 6.67. The molecule has 1 atom stereocenters. The minimum absolute atomic E-state index is 0.183. The molecule has 0 saturated heterocycles. The summed E-state index contributed by atoms with van der Waals surface area (Å²) in [7, 11) is 0. The van der Waals surface area contributed by atoms with Gasteiger partial charge in [0, 0.05) is 11.1 Å². The molecule has 3 aromatic heterocycles. The van der Waals surface area contributed by atoms with Crippen LogP contribution in [-0.4, -0.2) is 32.3 Å². The summed E-state index contributed by atoms with van der Waals surface area (Å²) in [5.74, 6) is -0.0555. The average Bonchev–Trinajstić information content (AvgIpc) is 3.27. The number of carbonyl (C=O) groups is 1. The summed E-state index contributed by atoms with van der Waals surface area (Å²) in [6.45, 7) is 2.04. The minimum atomic E-state index is -0.290. The molecule has 26 heavy (non-hydrogen) atoms. The van der Waals surface area contributed by atoms with Crippen molar-refractivity contribution >= 4 is 17.2 Å². The number of carbonyl (C=O) groups excluding carboxylic acids is 1. The monoisotopic (exact) mass is 368 g/mol. The Morgan fingerprint density at radius 2 is 2.19 bits per heavy atom. The van der Waals surface area contributed by atoms with Crippen LogP contribution < -0.4 is 5.32 Å². The molecule has 1 amide bonds. The van der Waals surface area contributed by atoms with Crippen LogP contribution in [-0.2, 0) is 0 Å². The molecule has 1 saturated carbocycles. The standard InChI is InChI=1S/C19H20N4O2S/c1-11-5-6-17(26-11)15-10-16(23-22-15)19(25)21-18(12-8-13(24)9-12)14-4-2-3-7-20-14/h2-7,10,12-13,18,24H,8-9H2,1H3,(H,21,25)(H,22,23)/t12?,13?,18-/m1/s1. The quantitative estimate of drug-likeness (QED) is 0.645. The van der Waals surface area contributed by atoms with Gasteiger partial charge in [-0.1, -0.05) is 6.07 Å². The number of pyridine rings is 1. The van der Waals surface area contributed by atoms with E-state index >= 15 is 0 Å². The predicted octanol–water partition coefficient (Wildman–Crippen LogP) is 3.08. The van der Waals surface area contributed by atoms with Crippen molar-refractivity contribution in [3.63, 3.8) is 0 Å². The van der Waals surface area contributed by atoms with Gasteiger partial charge in [0.05, 0.1) is 28.4 Å². The zero-order chi connectivity index (χ0) is 18.1. The van der Waals surface area contributed by atoms with E-state index in [1.165, 1.54) is 4.88 Å². The summed E-state index contributed by atoms with van der Waals surface area (Å²) < 4.78 is 0. The molecule has 4 rings (SSSR count). The molecular weight excluding hydrogens is 348 g/mol. The van der Waals surface area contributed by atoms with E-state index in [2.05, 4.69) is 20.5 Å². The molecule has 3 heterocycles. The first kappa shape index (κ1) is 16.9. The number of H-pyrrole nitrogens is 1. The Kier molecular flexibility index (Phi) is 4.57. The number of nitrogens with one attached hydrogen (secondary N) is 2. The summed E-state index contributed by atoms with van der Waals surface area (Å²) >= 11 is 1.65. The Morgan fingerprint density at radius 3 is 2.85 bits per heavy atom. The molecule has 134 valence electrons. The summed E-state index contributed by atoms with van der Waals surface area (Å²) in [6.07, 6.45) is 2.76. The van der Waals surface area contributed by atoms with Gasteiger partial charge in [-0.05, 0) is 56.0 Å². The molecule has 0 aliphatic heterocycles. The number of hydrogen-bond donors (Lipinski definition) is 3. The van der Waals surface area contributed by atoms with E-state index in [9.17, 15) is 9.90 Å². The van der Waals surface area contributed by atoms with Gasteiger partial charge >= 0.3 is 0 Å². The molecule has 7 heteroatoms. The van der Waals surface area contributed by atoms with Crippen LogP contribution in [0.2, 0.25) is 0 Å². The number of thiophene rings is 1. The van der Waals surface area contributed by atoms with Crippen molar-refractivity contribution in [1.82, 2.24) is 20.5 Å². The van der Waals surface area contributed by atoms with E-state index in [4.69, 9.17) is 0 Å². The summed E-state index contributed by atoms with van der Waals surface area (Å²) in [4.78, 5) is 19.4. The number of aryl methyl sites for hydroxylation is 1. The van der Waals surface area contributed by atoms with Gasteiger partial charge in [0.25, 0.3) is 5.91 Å². The third-order valence-electron chi connectivity index (χ3n) is 4.73. The second kappa shape index (κ2) is 7.01. The molecule has 6 nitrogen and oxygen atoms in total. The van der Waals surface area contributed by atoms with E-state index in [1.54, 1.807) is 23.6 Å². The van der Waals surface area contributed by atoms with Gasteiger partial charge in [-0.25, -0.2) is 0 Å². The molecule has 1 aliphatic carbocycles. The lowest BCUT2D eigenvalue weighted by Crippen LogP contribution is -2.41. The minimum Gasteiger partial charge on any atom is -0.393 e. The van der Waals surface area contributed by atoms with Crippen molar-refractivity contribution in [1.29, 1.82) is 0 Å². The number of nitrogens with zero attached hydrogens (tertiary/aromatic N) is 2. The summed E-state index contributed by atoms with van der Waals surface area (Å²) in [6, 6.07) is 11.3. The number of aromatic amines is 1. The molecule has 0 bridgehead atoms. The number of aliphatic hydroxyl groups is 1. The molecule has 3 aromatic rings. The van der Waals surface area contributed by atoms with Crippen LogP contribution in [0.3, 0.4) is 0 Å². The fourth-order valence-corrected chi connectivity index (χ4v) is 4.09. The fraction of sp³-hybridized carbons (Fsp3) is 0.316. The van der Waals surface area contributed by atoms with Crippen molar-refractivity contribution in [2.45, 2.75) is 31.9 Å². The maximum Gasteiger partial charge on any atom is 0.272 e. The number of hydrogen-bond acceptors (Lipinski definition) is 5. The van der Waals surface area contributed by atoms with Gasteiger partial charge in [0.15, 0.2) is 5.69 Å². The normalized spacial score (nSPS) is 20.4. The van der Waals surface area contributed by atoms with Crippen LogP contribution in [0.15, 0.2) is 42.6 Å². The lowest BCUT2D eigenvalue weighted by atomic mass is 9.76. The first-order chi connectivity index (χ1) is 12.6. The highest BCUT2D eigenvalue weighted by molar-refractivity contribution is 7.15. The topological polar surface area (TPSA) is 90.9 Å². The number of aliphatic hydroxyl groups excluding tert-OH is 1. The molecule has 0 radical (unpaired) electrons. The van der Waals surface area contributed by atoms with Crippen LogP contribution >= 0.6 is 11.3 Å². The Bertz CT molecular complexity index is 899. The summed E-state index contributed by atoms with van der Waals surface area (Å²) in [5, 5.41) is 19.8. The lowest BCUT2D eigenvalue weighted by molar-refractivity contribution is 0.0227. The maximum absolute atomic E-state index is 12.7. The van der Waals surface area contributed by atoms with E-state index < -0.39 is 0 Å². The van der Waals surface area contributed by atoms with E-state index in [0.717, 1.165) is 16.3 Å². The van der Waals surface area contributed by atoms with Crippen molar-refractivity contribution in [3.05, 3.63) is 58.9 Å². The zero-order valence-corrected chi connectivity index (χ0v) is 15.2. The van der Waals surface area contributed by atoms with Gasteiger partial charge < -0.3 is 10.4 Å². The van der Waals surface area contributed by atoms with Crippen LogP contribution in [0.1, 0.15) is 39.9 Å². The molecule has 0 spiro atoms. The second-order valence-corrected chi connectivity index (χ2v) is 7.96. The SMILES string of the molecule is Cc1ccc(-c2cc(C(=O)N[C@@H](c3ccccn3)C3CC(O)C3)n[nH]2)s1. The molecule has 0 aromatic carbocycles. The van der Waals surface area contributed by atoms with Crippen LogP contribution in [0.25, 0.3) is 10.6 Å². The van der Waals surface area contributed by atoms with Crippen molar-refractivity contribution < 1.29 is 9.90 Å². The van der Waals surface area contributed by atoms with Crippen LogP contribution in [0.5, 0.6) is 0 Å². The van der Waals surface area contributed by atoms with Gasteiger partial charge in [-0.2, -0.15) is 5.10 Å². The number of amides is 1. The van der Waals surface area contributed by atoms with E-state index in [0.29, 0.717) is 18.5 Å². The van der Waals surface area contributed by atoms with Gasteiger partial charge in [-0.15, -0.1) is 11.3 Å². The van der Waals surface area contributed by atoms with Gasteiger partial charge in [0.1, 0.15) is 0 Å². The molecule has 3 N–H and O–H groups in total. The van der Waals surface area contributed by atoms with Crippen molar-refractivity contribution in [2.24, 2.45) is 5.92 Å². The summed E-state index contributed by atoms with van der Waals surface area (Å²) in [5.41, 5.74) is 2.00. The molecule has 1 aliphatic rings. The third kappa shape index (κ3) is 3.40. The predicted molar refractivity (Wildman–Crippen MR) is 99.8 cm³/mol. The average molecular weight is 368 g/mol. The van der Waals surface area contributed by atoms with Crippen molar-refractivity contribution in [3.8, 4) is 10.6 Å². The molecule has 1 fully saturated rings. The zero-order valence-electron chi connectivity index (χ0n) is 14.3. The van der Waals surface area contributed by atoms with Gasteiger partial charge in [0.2, 0.25) is 0 Å². The molecule has 0 unspecified atom stereocenters. The maximum atomic E-state index is 12.7. The highest BCUT2D eigenvalue weighted by Gasteiger charge is 2.36. The lowest BCUT2D eigenvalue weighted by Gasteiger charge is -2.37. The third-order valence-corrected chi connectivity index (χ3v) is 5.76. The van der Waals surface area contributed by atoms with Crippen molar-refractivity contribution in [2.75, 3.05) is 0 Å². The highest BCUT2D eigenvalue weighted by Crippen LogP contribution is 2.37. The Labute approximate surface area is 155 Å². The highest BCUT2D eigenvalue weighted by atomic mass is 32.1. The Morgan fingerprint density at radius 1 is 1.35 bits per heavy atom. The van der Waals surface area contributed by atoms with Gasteiger partial charge in [-0.3, -0.25) is 14.9 Å². The first-order valence-corrected chi connectivity index (χ1v) is 9.44. The smallest absolute Gasteiger partial charge is 0.272 e. The largest absolute Gasteiger partial charge is 0.393 e. The first-order valence-electron chi connectivity index (χ1n) is 8.62. The van der Waals surface area contributed by atoms with Crippen LogP contribution in [0, 0.1) is 12.8 Å². The Balaban J connectivity index is 1.52. The van der Waals surface area contributed by atoms with Crippen LogP contribution in [0.4, 0.5) is 0 Å².